The van der Waals surface area contributed by atoms with Crippen molar-refractivity contribution in [2.45, 2.75) is 19.3 Å². The van der Waals surface area contributed by atoms with Gasteiger partial charge in [0.25, 0.3) is 0 Å². The summed E-state index contributed by atoms with van der Waals surface area (Å²) in [6.07, 6.45) is 4.21. The van der Waals surface area contributed by atoms with Gasteiger partial charge in [0.05, 0.1) is 0 Å². The lowest BCUT2D eigenvalue weighted by atomic mass is 10.1. The highest BCUT2D eigenvalue weighted by atomic mass is 16.2. The van der Waals surface area contributed by atoms with E-state index in [4.69, 9.17) is 20.1 Å². The number of hydrogen-bond acceptors (Lipinski definition) is 4. The number of nitriles is 2. The zero-order chi connectivity index (χ0) is 12.2. The van der Waals surface area contributed by atoms with Crippen molar-refractivity contribution in [3.05, 3.63) is 35.4 Å². The number of nitrogens with zero attached hydrogens (tertiary/aromatic N) is 2. The average Bonchev–Trinajstić information content (AvgIpc) is 2.78. The van der Waals surface area contributed by atoms with Crippen molar-refractivity contribution in [1.82, 2.24) is 0 Å². The fourth-order valence-electron chi connectivity index (χ4n) is 1.51. The highest BCUT2D eigenvalue weighted by Crippen LogP contribution is 2.20. The Kier molecular flexibility index (Phi) is 7.76. The molecule has 0 radical (unpaired) electrons. The van der Waals surface area contributed by atoms with Crippen molar-refractivity contribution in [3.63, 3.8) is 0 Å². The maximum Gasteiger partial charge on any atom is 0.373 e. The van der Waals surface area contributed by atoms with Crippen molar-refractivity contribution < 1.29 is 9.59 Å². The molecule has 2 rings (SSSR count). The topological polar surface area (TPSA) is 81.7 Å². The molecule has 0 atom stereocenters. The SMILES string of the molecule is N#CC#N.O=C=O.c1ccc2c(c1)CCC2. The summed E-state index contributed by atoms with van der Waals surface area (Å²) < 4.78 is 0. The van der Waals surface area contributed by atoms with Crippen molar-refractivity contribution in [1.29, 1.82) is 10.5 Å². The molecule has 1 aliphatic rings. The third kappa shape index (κ3) is 5.34. The van der Waals surface area contributed by atoms with Crippen LogP contribution in [0.15, 0.2) is 24.3 Å². The van der Waals surface area contributed by atoms with E-state index in [1.165, 1.54) is 31.4 Å². The van der Waals surface area contributed by atoms with E-state index >= 15 is 0 Å². The number of hydrogen-bond donors (Lipinski definition) is 0. The Labute approximate surface area is 93.7 Å². The van der Waals surface area contributed by atoms with Crippen LogP contribution in [0.25, 0.3) is 0 Å². The summed E-state index contributed by atoms with van der Waals surface area (Å²) in [6.45, 7) is 0. The lowest BCUT2D eigenvalue weighted by Gasteiger charge is -1.93. The second kappa shape index (κ2) is 9.15. The van der Waals surface area contributed by atoms with Gasteiger partial charge >= 0.3 is 6.15 Å². The van der Waals surface area contributed by atoms with Crippen molar-refractivity contribution in [2.24, 2.45) is 0 Å². The van der Waals surface area contributed by atoms with Gasteiger partial charge in [-0.1, -0.05) is 24.3 Å². The van der Waals surface area contributed by atoms with Crippen LogP contribution in [-0.2, 0) is 22.4 Å². The summed E-state index contributed by atoms with van der Waals surface area (Å²) in [5.41, 5.74) is 3.13. The van der Waals surface area contributed by atoms with Crippen LogP contribution in [0.3, 0.4) is 0 Å². The van der Waals surface area contributed by atoms with Crippen LogP contribution in [0, 0.1) is 22.7 Å². The van der Waals surface area contributed by atoms with E-state index < -0.39 is 0 Å². The largest absolute Gasteiger partial charge is 0.373 e. The normalized spacial score (nSPS) is 9.88. The molecule has 0 saturated heterocycles. The molecular formula is C12H10N2O2. The lowest BCUT2D eigenvalue weighted by Crippen LogP contribution is -1.77. The predicted molar refractivity (Wildman–Crippen MR) is 54.7 cm³/mol. The zero-order valence-corrected chi connectivity index (χ0v) is 8.64. The van der Waals surface area contributed by atoms with Crippen molar-refractivity contribution >= 4 is 6.15 Å². The fourth-order valence-corrected chi connectivity index (χ4v) is 1.51. The van der Waals surface area contributed by atoms with E-state index in [1.54, 1.807) is 11.1 Å². The standard InChI is InChI=1S/C9H10.C2N2.CO2/c1-2-5-9-7-3-6-8(9)4-1;3-1-2-4;2-1-3/h1-2,4-5H,3,6-7H2;;. The van der Waals surface area contributed by atoms with Crippen LogP contribution < -0.4 is 0 Å². The Morgan fingerprint density at radius 1 is 0.938 bits per heavy atom. The van der Waals surface area contributed by atoms with Gasteiger partial charge in [-0.3, -0.25) is 0 Å². The Bertz CT molecular complexity index is 400. The van der Waals surface area contributed by atoms with E-state index in [0.717, 1.165) is 0 Å². The van der Waals surface area contributed by atoms with Gasteiger partial charge in [-0.2, -0.15) is 20.1 Å². The van der Waals surface area contributed by atoms with Crippen LogP contribution in [0.4, 0.5) is 0 Å². The van der Waals surface area contributed by atoms with Crippen molar-refractivity contribution in [2.75, 3.05) is 0 Å². The molecule has 0 unspecified atom stereocenters. The minimum atomic E-state index is 0.250. The van der Waals surface area contributed by atoms with Crippen LogP contribution >= 0.6 is 0 Å². The van der Waals surface area contributed by atoms with Gasteiger partial charge in [0.15, 0.2) is 12.1 Å². The quantitative estimate of drug-likeness (QED) is 0.657. The predicted octanol–water partition coefficient (Wildman–Crippen LogP) is 1.63. The maximum absolute atomic E-state index is 8.12. The molecule has 0 fully saturated rings. The maximum atomic E-state index is 8.12. The summed E-state index contributed by atoms with van der Waals surface area (Å²) in [5, 5.41) is 14.5. The Morgan fingerprint density at radius 3 is 1.62 bits per heavy atom. The lowest BCUT2D eigenvalue weighted by molar-refractivity contribution is -0.191. The third-order valence-corrected chi connectivity index (χ3v) is 2.06. The first kappa shape index (κ1) is 13.6. The molecule has 1 aliphatic carbocycles. The number of rotatable bonds is 0. The van der Waals surface area contributed by atoms with E-state index in [2.05, 4.69) is 24.3 Å². The molecule has 80 valence electrons. The van der Waals surface area contributed by atoms with Gasteiger partial charge in [-0.25, -0.2) is 0 Å². The van der Waals surface area contributed by atoms with Gasteiger partial charge in [-0.15, -0.1) is 0 Å². The number of aryl methyl sites for hydroxylation is 2. The minimum absolute atomic E-state index is 0.250. The van der Waals surface area contributed by atoms with Gasteiger partial charge in [0.2, 0.25) is 0 Å². The average molecular weight is 214 g/mol. The molecule has 1 aromatic carbocycles. The van der Waals surface area contributed by atoms with E-state index in [0.29, 0.717) is 0 Å². The monoisotopic (exact) mass is 214 g/mol. The van der Waals surface area contributed by atoms with Gasteiger partial charge in [0.1, 0.15) is 0 Å². The number of benzene rings is 1. The first-order chi connectivity index (χ1) is 7.79. The zero-order valence-electron chi connectivity index (χ0n) is 8.64. The molecule has 0 N–H and O–H groups in total. The second-order valence-corrected chi connectivity index (χ2v) is 2.93. The first-order valence-electron chi connectivity index (χ1n) is 4.64. The van der Waals surface area contributed by atoms with Crippen LogP contribution in [0.2, 0.25) is 0 Å². The van der Waals surface area contributed by atoms with Crippen LogP contribution in [0.1, 0.15) is 17.5 Å². The Hall–Kier alpha value is -2.42. The molecule has 4 nitrogen and oxygen atoms in total. The molecule has 0 heterocycles. The van der Waals surface area contributed by atoms with Gasteiger partial charge in [0, 0.05) is 0 Å². The molecule has 1 aromatic rings. The van der Waals surface area contributed by atoms with Crippen LogP contribution in [-0.4, -0.2) is 6.15 Å². The molecule has 0 aliphatic heterocycles. The summed E-state index contributed by atoms with van der Waals surface area (Å²) in [6, 6.07) is 11.2. The molecule has 0 amide bonds. The smallest absolute Gasteiger partial charge is 0.186 e. The molecule has 0 bridgehead atoms. The molecule has 0 spiro atoms. The Balaban J connectivity index is 0.000000275. The fraction of sp³-hybridized carbons (Fsp3) is 0.250. The van der Waals surface area contributed by atoms with E-state index in [9.17, 15) is 0 Å². The highest BCUT2D eigenvalue weighted by Gasteiger charge is 2.07. The molecule has 0 aromatic heterocycles. The molecule has 0 saturated carbocycles. The third-order valence-electron chi connectivity index (χ3n) is 2.06. The van der Waals surface area contributed by atoms with Crippen LogP contribution in [0.5, 0.6) is 0 Å². The summed E-state index contributed by atoms with van der Waals surface area (Å²) in [7, 11) is 0. The summed E-state index contributed by atoms with van der Waals surface area (Å²) in [4.78, 5) is 16.2. The van der Waals surface area contributed by atoms with E-state index in [-0.39, 0.29) is 6.15 Å². The highest BCUT2D eigenvalue weighted by molar-refractivity contribution is 5.30. The molecule has 4 heteroatoms. The molecular weight excluding hydrogens is 204 g/mol. The summed E-state index contributed by atoms with van der Waals surface area (Å²) >= 11 is 0. The van der Waals surface area contributed by atoms with Gasteiger partial charge in [-0.05, 0) is 30.4 Å². The summed E-state index contributed by atoms with van der Waals surface area (Å²) in [5.74, 6) is 0. The van der Waals surface area contributed by atoms with E-state index in [1.807, 2.05) is 0 Å². The number of carbonyl (C=O) groups excluding carboxylic acids is 2. The van der Waals surface area contributed by atoms with Crippen molar-refractivity contribution in [3.8, 4) is 12.1 Å². The number of fused-ring (bicyclic) bond motifs is 1. The first-order valence-corrected chi connectivity index (χ1v) is 4.64. The Morgan fingerprint density at radius 2 is 1.31 bits per heavy atom. The van der Waals surface area contributed by atoms with Gasteiger partial charge < -0.3 is 0 Å². The molecule has 16 heavy (non-hydrogen) atoms. The second-order valence-electron chi connectivity index (χ2n) is 2.93. The minimum Gasteiger partial charge on any atom is -0.186 e.